The fraction of sp³-hybridized carbons (Fsp3) is 0.0714. The molecule has 2 aromatic rings. The zero-order chi connectivity index (χ0) is 14.3. The van der Waals surface area contributed by atoms with Crippen LogP contribution >= 0.6 is 11.6 Å². The van der Waals surface area contributed by atoms with Crippen LogP contribution in [0, 0.1) is 11.6 Å². The fourth-order valence-corrected chi connectivity index (χ4v) is 2.37. The predicted octanol–water partition coefficient (Wildman–Crippen LogP) is 3.71. The van der Waals surface area contributed by atoms with E-state index in [4.69, 9.17) is 11.6 Å². The Morgan fingerprint density at radius 2 is 2.00 bits per heavy atom. The van der Waals surface area contributed by atoms with Gasteiger partial charge in [-0.3, -0.25) is 4.79 Å². The van der Waals surface area contributed by atoms with Gasteiger partial charge in [0.15, 0.2) is 11.6 Å². The van der Waals surface area contributed by atoms with Crippen molar-refractivity contribution in [2.75, 3.05) is 16.8 Å². The number of nitrogens with one attached hydrogen (secondary N) is 1. The lowest BCUT2D eigenvalue weighted by atomic mass is 10.1. The van der Waals surface area contributed by atoms with E-state index in [1.807, 2.05) is 0 Å². The minimum absolute atomic E-state index is 0.00636. The first-order chi connectivity index (χ1) is 9.56. The van der Waals surface area contributed by atoms with Gasteiger partial charge in [-0.25, -0.2) is 8.78 Å². The molecule has 3 rings (SSSR count). The van der Waals surface area contributed by atoms with Crippen LogP contribution < -0.4 is 10.2 Å². The third-order valence-corrected chi connectivity index (χ3v) is 3.27. The maximum atomic E-state index is 14.0. The van der Waals surface area contributed by atoms with Crippen LogP contribution in [0.1, 0.15) is 0 Å². The van der Waals surface area contributed by atoms with E-state index in [-0.39, 0.29) is 23.8 Å². The van der Waals surface area contributed by atoms with Gasteiger partial charge >= 0.3 is 0 Å². The van der Waals surface area contributed by atoms with Crippen LogP contribution in [0.5, 0.6) is 0 Å². The average molecular weight is 295 g/mol. The topological polar surface area (TPSA) is 32.3 Å². The van der Waals surface area contributed by atoms with Crippen molar-refractivity contribution in [1.29, 1.82) is 0 Å². The number of nitrogens with zero attached hydrogens (tertiary/aromatic N) is 1. The van der Waals surface area contributed by atoms with Gasteiger partial charge in [0.05, 0.1) is 5.69 Å². The minimum Gasteiger partial charge on any atom is -0.328 e. The molecule has 102 valence electrons. The van der Waals surface area contributed by atoms with Gasteiger partial charge in [0.25, 0.3) is 0 Å². The standard InChI is InChI=1S/C14H9ClF2N2O/c15-8-2-1-3-9(6-8)19-7-12(20)18-11-5-4-10(16)13(17)14(11)19/h1-6H,7H2,(H,18,20). The first kappa shape index (κ1) is 12.9. The van der Waals surface area contributed by atoms with E-state index < -0.39 is 11.6 Å². The quantitative estimate of drug-likeness (QED) is 0.869. The van der Waals surface area contributed by atoms with E-state index in [1.165, 1.54) is 11.0 Å². The smallest absolute Gasteiger partial charge is 0.244 e. The summed E-state index contributed by atoms with van der Waals surface area (Å²) in [5, 5.41) is 2.97. The summed E-state index contributed by atoms with van der Waals surface area (Å²) in [5.74, 6) is -2.27. The summed E-state index contributed by atoms with van der Waals surface area (Å²) in [4.78, 5) is 13.1. The van der Waals surface area contributed by atoms with E-state index in [2.05, 4.69) is 5.32 Å². The lowest BCUT2D eigenvalue weighted by Gasteiger charge is -2.31. The highest BCUT2D eigenvalue weighted by atomic mass is 35.5. The van der Waals surface area contributed by atoms with Crippen LogP contribution in [0.3, 0.4) is 0 Å². The van der Waals surface area contributed by atoms with E-state index >= 15 is 0 Å². The molecule has 0 aromatic heterocycles. The first-order valence-corrected chi connectivity index (χ1v) is 6.25. The molecular weight excluding hydrogens is 286 g/mol. The number of hydrogen-bond donors (Lipinski definition) is 1. The molecule has 0 bridgehead atoms. The fourth-order valence-electron chi connectivity index (χ4n) is 2.18. The van der Waals surface area contributed by atoms with Crippen molar-refractivity contribution in [3.63, 3.8) is 0 Å². The zero-order valence-electron chi connectivity index (χ0n) is 10.2. The van der Waals surface area contributed by atoms with Crippen LogP contribution in [-0.2, 0) is 4.79 Å². The molecule has 0 spiro atoms. The number of carbonyl (C=O) groups is 1. The molecule has 0 saturated heterocycles. The van der Waals surface area contributed by atoms with Crippen molar-refractivity contribution < 1.29 is 13.6 Å². The number of anilines is 3. The third-order valence-electron chi connectivity index (χ3n) is 3.03. The summed E-state index contributed by atoms with van der Waals surface area (Å²) >= 11 is 5.90. The van der Waals surface area contributed by atoms with Crippen LogP contribution in [-0.4, -0.2) is 12.5 Å². The normalized spacial score (nSPS) is 13.9. The van der Waals surface area contributed by atoms with Crippen LogP contribution in [0.15, 0.2) is 36.4 Å². The molecule has 0 unspecified atom stereocenters. The summed E-state index contributed by atoms with van der Waals surface area (Å²) in [6, 6.07) is 8.93. The Kier molecular flexibility index (Phi) is 3.06. The van der Waals surface area contributed by atoms with Gasteiger partial charge in [-0.1, -0.05) is 17.7 Å². The zero-order valence-corrected chi connectivity index (χ0v) is 10.9. The molecule has 1 aliphatic heterocycles. The molecule has 2 aromatic carbocycles. The molecule has 1 aliphatic rings. The van der Waals surface area contributed by atoms with Gasteiger partial charge in [0.2, 0.25) is 5.91 Å². The predicted molar refractivity (Wildman–Crippen MR) is 73.4 cm³/mol. The van der Waals surface area contributed by atoms with Gasteiger partial charge < -0.3 is 10.2 Å². The molecule has 0 atom stereocenters. The molecule has 3 nitrogen and oxygen atoms in total. The third kappa shape index (κ3) is 2.10. The summed E-state index contributed by atoms with van der Waals surface area (Å²) in [7, 11) is 0. The van der Waals surface area contributed by atoms with Crippen molar-refractivity contribution in [1.82, 2.24) is 0 Å². The Hall–Kier alpha value is -2.14. The molecule has 0 radical (unpaired) electrons. The van der Waals surface area contributed by atoms with Gasteiger partial charge in [-0.05, 0) is 30.3 Å². The van der Waals surface area contributed by atoms with Gasteiger partial charge in [-0.2, -0.15) is 0 Å². The number of benzene rings is 2. The van der Waals surface area contributed by atoms with E-state index in [9.17, 15) is 13.6 Å². The highest BCUT2D eigenvalue weighted by Crippen LogP contribution is 2.38. The van der Waals surface area contributed by atoms with Crippen molar-refractivity contribution in [3.8, 4) is 0 Å². The van der Waals surface area contributed by atoms with E-state index in [1.54, 1.807) is 24.3 Å². The lowest BCUT2D eigenvalue weighted by molar-refractivity contribution is -0.115. The maximum Gasteiger partial charge on any atom is 0.244 e. The molecule has 0 saturated carbocycles. The van der Waals surface area contributed by atoms with Crippen LogP contribution in [0.25, 0.3) is 0 Å². The molecule has 20 heavy (non-hydrogen) atoms. The van der Waals surface area contributed by atoms with Crippen molar-refractivity contribution in [2.24, 2.45) is 0 Å². The Morgan fingerprint density at radius 1 is 1.20 bits per heavy atom. The van der Waals surface area contributed by atoms with Gasteiger partial charge in [-0.15, -0.1) is 0 Å². The highest BCUT2D eigenvalue weighted by molar-refractivity contribution is 6.30. The molecule has 1 heterocycles. The summed E-state index contributed by atoms with van der Waals surface area (Å²) in [5.41, 5.74) is 0.769. The number of carbonyl (C=O) groups excluding carboxylic acids is 1. The minimum atomic E-state index is -0.998. The molecule has 0 fully saturated rings. The van der Waals surface area contributed by atoms with Crippen molar-refractivity contribution in [3.05, 3.63) is 53.1 Å². The summed E-state index contributed by atoms with van der Waals surface area (Å²) < 4.78 is 27.5. The van der Waals surface area contributed by atoms with E-state index in [0.29, 0.717) is 10.7 Å². The van der Waals surface area contributed by atoms with Gasteiger partial charge in [0, 0.05) is 10.7 Å². The maximum absolute atomic E-state index is 14.0. The second kappa shape index (κ2) is 4.76. The van der Waals surface area contributed by atoms with Crippen molar-refractivity contribution in [2.45, 2.75) is 0 Å². The van der Waals surface area contributed by atoms with Crippen LogP contribution in [0.4, 0.5) is 25.8 Å². The van der Waals surface area contributed by atoms with E-state index in [0.717, 1.165) is 6.07 Å². The summed E-state index contributed by atoms with van der Waals surface area (Å²) in [6.07, 6.45) is 0. The molecule has 1 amide bonds. The second-order valence-corrected chi connectivity index (χ2v) is 4.81. The molecule has 1 N–H and O–H groups in total. The Bertz CT molecular complexity index is 706. The summed E-state index contributed by atoms with van der Waals surface area (Å²) in [6.45, 7) is -0.103. The Labute approximate surface area is 118 Å². The first-order valence-electron chi connectivity index (χ1n) is 5.87. The monoisotopic (exact) mass is 294 g/mol. The second-order valence-electron chi connectivity index (χ2n) is 4.37. The number of halogens is 3. The number of fused-ring (bicyclic) bond motifs is 1. The molecular formula is C14H9ClF2N2O. The Morgan fingerprint density at radius 3 is 2.75 bits per heavy atom. The van der Waals surface area contributed by atoms with Crippen molar-refractivity contribution >= 4 is 34.6 Å². The number of hydrogen-bond acceptors (Lipinski definition) is 2. The molecule has 6 heteroatoms. The average Bonchev–Trinajstić information content (AvgIpc) is 2.42. The lowest BCUT2D eigenvalue weighted by Crippen LogP contribution is -2.35. The Balaban J connectivity index is 2.19. The molecule has 0 aliphatic carbocycles. The number of amides is 1. The highest BCUT2D eigenvalue weighted by Gasteiger charge is 2.28. The van der Waals surface area contributed by atoms with Gasteiger partial charge in [0.1, 0.15) is 12.2 Å². The SMILES string of the molecule is O=C1CN(c2cccc(Cl)c2)c2c(ccc(F)c2F)N1. The largest absolute Gasteiger partial charge is 0.328 e. The number of rotatable bonds is 1. The van der Waals surface area contributed by atoms with Crippen LogP contribution in [0.2, 0.25) is 5.02 Å².